The van der Waals surface area contributed by atoms with Crippen molar-refractivity contribution in [2.24, 2.45) is 12.0 Å². The van der Waals surface area contributed by atoms with E-state index in [0.717, 1.165) is 16.8 Å². The van der Waals surface area contributed by atoms with Gasteiger partial charge in [-0.3, -0.25) is 29.1 Å². The second-order valence-corrected chi connectivity index (χ2v) is 17.2. The number of benzene rings is 3. The van der Waals surface area contributed by atoms with Crippen LogP contribution in [0.15, 0.2) is 71.9 Å². The summed E-state index contributed by atoms with van der Waals surface area (Å²) in [5, 5.41) is 8.52. The molecule has 6 rings (SSSR count). The van der Waals surface area contributed by atoms with Crippen LogP contribution < -0.4 is 30.3 Å². The molecule has 0 saturated heterocycles. The first-order valence-electron chi connectivity index (χ1n) is 17.5. The quantitative estimate of drug-likeness (QED) is 0.157. The predicted molar refractivity (Wildman–Crippen MR) is 213 cm³/mol. The highest BCUT2D eigenvalue weighted by atomic mass is 32.8. The highest BCUT2D eigenvalue weighted by molar-refractivity contribution is 8.29. The summed E-state index contributed by atoms with van der Waals surface area (Å²) in [6, 6.07) is 18.1. The number of hydrogen-bond acceptors (Lipinski definition) is 9. The number of amides is 4. The summed E-state index contributed by atoms with van der Waals surface area (Å²) in [5.41, 5.74) is 4.13. The normalized spacial score (nSPS) is 15.0. The van der Waals surface area contributed by atoms with Crippen molar-refractivity contribution >= 4 is 67.7 Å². The third-order valence-corrected chi connectivity index (χ3v) is 12.4. The number of carbonyl (C=O) groups excluding carboxylic acids is 4. The summed E-state index contributed by atoms with van der Waals surface area (Å²) >= 11 is 5.40. The fraction of sp³-hybridized carbons (Fsp3) is 0.333. The Balaban J connectivity index is 0.984. The second kappa shape index (κ2) is 16.3. The lowest BCUT2D eigenvalue weighted by molar-refractivity contribution is -0.116. The molecule has 15 heteroatoms. The molecular formula is C39H43N7O6S2. The van der Waals surface area contributed by atoms with Gasteiger partial charge in [-0.1, -0.05) is 41.5 Å². The highest BCUT2D eigenvalue weighted by Crippen LogP contribution is 2.40. The molecule has 4 aromatic rings. The van der Waals surface area contributed by atoms with E-state index in [2.05, 4.69) is 25.9 Å². The van der Waals surface area contributed by atoms with Gasteiger partial charge >= 0.3 is 0 Å². The van der Waals surface area contributed by atoms with Crippen molar-refractivity contribution in [2.75, 3.05) is 36.7 Å². The highest BCUT2D eigenvalue weighted by Gasteiger charge is 2.36. The summed E-state index contributed by atoms with van der Waals surface area (Å²) in [7, 11) is 2.89. The number of fused-ring (bicyclic) bond motifs is 4. The number of nitrogens with zero attached hydrogens (tertiary/aromatic N) is 4. The van der Waals surface area contributed by atoms with E-state index in [4.69, 9.17) is 20.7 Å². The van der Waals surface area contributed by atoms with Gasteiger partial charge in [0, 0.05) is 67.5 Å². The number of aryl methyl sites for hydroxylation is 1. The van der Waals surface area contributed by atoms with Crippen molar-refractivity contribution in [3.05, 3.63) is 94.9 Å². The van der Waals surface area contributed by atoms with Gasteiger partial charge in [0.05, 0.1) is 31.0 Å². The molecule has 282 valence electrons. The van der Waals surface area contributed by atoms with Crippen molar-refractivity contribution in [1.82, 2.24) is 20.2 Å². The van der Waals surface area contributed by atoms with Gasteiger partial charge in [-0.25, -0.2) is 4.98 Å². The lowest BCUT2D eigenvalue weighted by atomic mass is 10.1. The van der Waals surface area contributed by atoms with E-state index in [1.54, 1.807) is 54.7 Å². The van der Waals surface area contributed by atoms with Gasteiger partial charge in [0.1, 0.15) is 0 Å². The van der Waals surface area contributed by atoms with Crippen LogP contribution in [0.25, 0.3) is 0 Å². The molecule has 13 nitrogen and oxygen atoms in total. The number of ether oxygens (including phenoxy) is 2. The molecule has 0 aliphatic carbocycles. The number of nitrogens with one attached hydrogen (secondary N) is 3. The maximum Gasteiger partial charge on any atom is 0.287 e. The molecule has 0 fully saturated rings. The molecule has 4 amide bonds. The van der Waals surface area contributed by atoms with Gasteiger partial charge < -0.3 is 30.0 Å². The minimum absolute atomic E-state index is 0.115. The van der Waals surface area contributed by atoms with Gasteiger partial charge in [0.25, 0.3) is 17.7 Å². The summed E-state index contributed by atoms with van der Waals surface area (Å²) in [6.45, 7) is 4.89. The zero-order valence-corrected chi connectivity index (χ0v) is 32.4. The van der Waals surface area contributed by atoms with Gasteiger partial charge in [-0.15, -0.1) is 9.45 Å². The summed E-state index contributed by atoms with van der Waals surface area (Å²) in [5.74, 6) is 0.0709. The Hall–Kier alpha value is -5.41. The van der Waals surface area contributed by atoms with Gasteiger partial charge in [-0.05, 0) is 61.9 Å². The Labute approximate surface area is 321 Å². The van der Waals surface area contributed by atoms with Crippen molar-refractivity contribution in [3.8, 4) is 11.5 Å². The molecule has 0 spiro atoms. The van der Waals surface area contributed by atoms with Gasteiger partial charge in [0.2, 0.25) is 11.7 Å². The number of para-hydroxylation sites is 1. The van der Waals surface area contributed by atoms with Gasteiger partial charge in [0.15, 0.2) is 17.3 Å². The number of anilines is 2. The standard InChI is InChI=1S/C39H43N7O6S2/c1-39(2,54(5)53)23-42-36(48)26-12-8-10-24(16-26)20-41-37(49)35-44-33(22-45(35)3)43-34(47)14-9-15-52-32-19-29-28(18-31(32)51-4)38(50)46-27(21-40-29)17-25-11-6-7-13-30(25)46/h6-8,10-13,16,18-19,21-22,27H,9,14-15,17,20,23H2,1-5H3,(H,41,49)(H,42,48)(H,43,47)/t27-,54?/m0/s1. The van der Waals surface area contributed by atoms with E-state index >= 15 is 0 Å². The lowest BCUT2D eigenvalue weighted by Gasteiger charge is -2.24. The van der Waals surface area contributed by atoms with E-state index < -0.39 is 5.91 Å². The molecule has 2 atom stereocenters. The lowest BCUT2D eigenvalue weighted by Crippen LogP contribution is -2.40. The minimum atomic E-state index is -0.436. The van der Waals surface area contributed by atoms with E-state index in [9.17, 15) is 19.2 Å². The zero-order chi connectivity index (χ0) is 38.6. The molecule has 1 aromatic heterocycles. The van der Waals surface area contributed by atoms with E-state index in [-0.39, 0.29) is 69.2 Å². The van der Waals surface area contributed by atoms with E-state index in [1.165, 1.54) is 11.7 Å². The van der Waals surface area contributed by atoms with Crippen molar-refractivity contribution < 1.29 is 28.7 Å². The smallest absolute Gasteiger partial charge is 0.287 e. The fourth-order valence-electron chi connectivity index (χ4n) is 6.13. The van der Waals surface area contributed by atoms with Crippen LogP contribution in [0, 0.1) is 0 Å². The van der Waals surface area contributed by atoms with E-state index in [0.29, 0.717) is 47.7 Å². The number of aromatic nitrogens is 2. The van der Waals surface area contributed by atoms with Crippen molar-refractivity contribution in [3.63, 3.8) is 0 Å². The number of rotatable bonds is 14. The molecular weight excluding hydrogens is 727 g/mol. The average molecular weight is 770 g/mol. The number of methoxy groups -OCH3 is 1. The SMILES string of the molecule is COc1cc2c(cc1OCCCC(=O)Nc1cn(C)c(C(=O)NCc3cccc(C(=O)NCC(C)(C)S(C)=S)c3)n1)N=C[C@@H]1Cc3ccccc3N1C2=O. The van der Waals surface area contributed by atoms with Crippen LogP contribution in [-0.4, -0.2) is 76.7 Å². The van der Waals surface area contributed by atoms with Crippen LogP contribution in [0.3, 0.4) is 0 Å². The van der Waals surface area contributed by atoms with Gasteiger partial charge in [-0.2, -0.15) is 0 Å². The van der Waals surface area contributed by atoms with E-state index in [1.807, 2.05) is 50.4 Å². The average Bonchev–Trinajstić information content (AvgIpc) is 3.68. The molecule has 54 heavy (non-hydrogen) atoms. The molecule has 0 bridgehead atoms. The summed E-state index contributed by atoms with van der Waals surface area (Å²) in [4.78, 5) is 62.9. The second-order valence-electron chi connectivity index (χ2n) is 13.7. The molecule has 3 N–H and O–H groups in total. The van der Waals surface area contributed by atoms with Crippen molar-refractivity contribution in [1.29, 1.82) is 0 Å². The third kappa shape index (κ3) is 8.52. The maximum atomic E-state index is 13.6. The number of imidazole rings is 1. The largest absolute Gasteiger partial charge is 0.493 e. The Morgan fingerprint density at radius 2 is 1.83 bits per heavy atom. The minimum Gasteiger partial charge on any atom is -0.493 e. The summed E-state index contributed by atoms with van der Waals surface area (Å²) < 4.78 is 12.9. The predicted octanol–water partition coefficient (Wildman–Crippen LogP) is 4.66. The maximum absolute atomic E-state index is 13.6. The zero-order valence-electron chi connectivity index (χ0n) is 30.8. The van der Waals surface area contributed by atoms with Crippen LogP contribution in [0.2, 0.25) is 0 Å². The van der Waals surface area contributed by atoms with Crippen LogP contribution in [0.1, 0.15) is 69.2 Å². The third-order valence-electron chi connectivity index (χ3n) is 9.38. The fourth-order valence-corrected chi connectivity index (χ4v) is 6.58. The van der Waals surface area contributed by atoms with Crippen LogP contribution >= 0.6 is 0 Å². The Bertz CT molecular complexity index is 2160. The number of aliphatic imine (C=N–C) groups is 1. The molecule has 2 aliphatic rings. The molecule has 1 unspecified atom stereocenters. The Kier molecular flexibility index (Phi) is 11.6. The number of carbonyl (C=O) groups is 4. The molecule has 2 aliphatic heterocycles. The Morgan fingerprint density at radius 1 is 1.04 bits per heavy atom. The summed E-state index contributed by atoms with van der Waals surface area (Å²) in [6.07, 6.45) is 6.54. The van der Waals surface area contributed by atoms with Crippen LogP contribution in [0.4, 0.5) is 17.2 Å². The molecule has 0 saturated carbocycles. The van der Waals surface area contributed by atoms with Crippen LogP contribution in [-0.2, 0) is 45.5 Å². The number of hydrogen-bond donors (Lipinski definition) is 3. The molecule has 3 heterocycles. The monoisotopic (exact) mass is 769 g/mol. The van der Waals surface area contributed by atoms with Crippen LogP contribution in [0.5, 0.6) is 11.5 Å². The topological polar surface area (TPSA) is 156 Å². The first-order valence-corrected chi connectivity index (χ1v) is 20.0. The van der Waals surface area contributed by atoms with Crippen molar-refractivity contribution in [2.45, 2.75) is 50.4 Å². The molecule has 0 radical (unpaired) electrons. The first-order chi connectivity index (χ1) is 25.8. The first kappa shape index (κ1) is 38.3. The Morgan fingerprint density at radius 3 is 2.61 bits per heavy atom. The molecule has 3 aromatic carbocycles.